The zero-order valence-corrected chi connectivity index (χ0v) is 23.8. The summed E-state index contributed by atoms with van der Waals surface area (Å²) >= 11 is 0. The number of amidine groups is 1. The molecule has 0 fully saturated rings. The molecule has 9 nitrogen and oxygen atoms in total. The molecule has 0 heterocycles. The van der Waals surface area contributed by atoms with E-state index in [2.05, 4.69) is 11.4 Å². The predicted molar refractivity (Wildman–Crippen MR) is 128 cm³/mol. The molecular formula is C24H31N3O6PY-. The van der Waals surface area contributed by atoms with Crippen LogP contribution in [-0.2, 0) is 64.2 Å². The Morgan fingerprint density at radius 2 is 1.86 bits per heavy atom. The van der Waals surface area contributed by atoms with Crippen molar-refractivity contribution in [2.24, 2.45) is 11.7 Å². The Kier molecular flexibility index (Phi) is 12.5. The summed E-state index contributed by atoms with van der Waals surface area (Å²) in [6.45, 7) is 5.06. The zero-order chi connectivity index (χ0) is 25.5. The van der Waals surface area contributed by atoms with Gasteiger partial charge >= 0.3 is 13.6 Å². The van der Waals surface area contributed by atoms with E-state index in [1.165, 1.54) is 12.1 Å². The Balaban J connectivity index is 0.00000612. The number of hydrogen-bond acceptors (Lipinski definition) is 5. The Morgan fingerprint density at radius 1 is 1.23 bits per heavy atom. The molecule has 0 aromatic heterocycles. The van der Waals surface area contributed by atoms with Crippen LogP contribution in [0.15, 0.2) is 42.5 Å². The number of nitrogens with one attached hydrogen (secondary N) is 2. The normalized spacial score (nSPS) is 14.3. The Bertz CT molecular complexity index is 1080. The van der Waals surface area contributed by atoms with E-state index in [-0.39, 0.29) is 56.9 Å². The minimum Gasteiger partial charge on any atom is -0.479 e. The smallest absolute Gasteiger partial charge is 0.351 e. The summed E-state index contributed by atoms with van der Waals surface area (Å²) in [7, 11) is -4.62. The van der Waals surface area contributed by atoms with Gasteiger partial charge in [0.05, 0.1) is 5.84 Å². The molecule has 0 bridgehead atoms. The summed E-state index contributed by atoms with van der Waals surface area (Å²) in [5.74, 6) is -3.81. The number of carbonyl (C=O) groups excluding carboxylic acids is 1. The number of aliphatic carboxylic acids is 1. The number of carbonyl (C=O) groups is 2. The van der Waals surface area contributed by atoms with Crippen molar-refractivity contribution in [2.75, 3.05) is 0 Å². The van der Waals surface area contributed by atoms with Crippen LogP contribution in [-0.4, -0.2) is 33.5 Å². The average Bonchev–Trinajstić information content (AvgIpc) is 2.76. The van der Waals surface area contributed by atoms with Crippen LogP contribution < -0.4 is 11.1 Å². The van der Waals surface area contributed by atoms with Crippen LogP contribution in [0.3, 0.4) is 0 Å². The fraction of sp³-hybridized carbons (Fsp3) is 0.375. The number of carboxylic acids is 1. The summed E-state index contributed by atoms with van der Waals surface area (Å²) in [6.07, 6.45) is -1.13. The minimum absolute atomic E-state index is 0. The molecule has 3 atom stereocenters. The van der Waals surface area contributed by atoms with E-state index in [9.17, 15) is 24.2 Å². The molecule has 0 aliphatic rings. The molecule has 0 aliphatic heterocycles. The molecule has 0 aliphatic carbocycles. The quantitative estimate of drug-likeness (QED) is 0.112. The van der Waals surface area contributed by atoms with Crippen LogP contribution in [0, 0.1) is 24.3 Å². The van der Waals surface area contributed by atoms with Gasteiger partial charge in [0, 0.05) is 45.6 Å². The number of carboxylic acid groups (broad SMARTS) is 1. The molecule has 187 valence electrons. The maximum Gasteiger partial charge on any atom is 0.351 e. The van der Waals surface area contributed by atoms with Gasteiger partial charge in [-0.15, -0.1) is 0 Å². The number of hydrogen-bond donors (Lipinski definition) is 5. The van der Waals surface area contributed by atoms with E-state index in [1.54, 1.807) is 39.0 Å². The van der Waals surface area contributed by atoms with Crippen molar-refractivity contribution in [3.8, 4) is 0 Å². The number of nitrogens with two attached hydrogens (primary N) is 1. The van der Waals surface area contributed by atoms with Crippen molar-refractivity contribution in [2.45, 2.75) is 51.9 Å². The van der Waals surface area contributed by atoms with Crippen LogP contribution in [0.5, 0.6) is 0 Å². The Hall–Kier alpha value is -1.90. The fourth-order valence-corrected chi connectivity index (χ4v) is 5.13. The summed E-state index contributed by atoms with van der Waals surface area (Å²) in [6, 6.07) is 14.6. The first-order chi connectivity index (χ1) is 15.9. The molecular weight excluding hydrogens is 546 g/mol. The second kappa shape index (κ2) is 14.0. The first kappa shape index (κ1) is 31.1. The van der Waals surface area contributed by atoms with Gasteiger partial charge in [0.1, 0.15) is 5.78 Å². The van der Waals surface area contributed by atoms with E-state index in [0.717, 1.165) is 11.1 Å². The van der Waals surface area contributed by atoms with Gasteiger partial charge in [-0.2, -0.15) is 35.9 Å². The summed E-state index contributed by atoms with van der Waals surface area (Å²) in [4.78, 5) is 35.2. The van der Waals surface area contributed by atoms with Crippen LogP contribution in [0.25, 0.3) is 0 Å². The molecule has 1 radical (unpaired) electrons. The van der Waals surface area contributed by atoms with Gasteiger partial charge in [-0.05, 0) is 36.0 Å². The summed E-state index contributed by atoms with van der Waals surface area (Å²) in [5, 5.41) is 19.8. The molecule has 2 rings (SSSR count). The SMILES string of the molecule is Cc1ccc(C(OP(=O)(O)[C@@H](NC(=O)CCc2cc[c-]cc2)C(C)C)C(=O)O)cc1CC(=N)N.[Y]. The zero-order valence-electron chi connectivity index (χ0n) is 20.0. The first-order valence-electron chi connectivity index (χ1n) is 10.8. The topological polar surface area (TPSA) is 163 Å². The first-order valence-corrected chi connectivity index (χ1v) is 12.5. The molecule has 0 saturated carbocycles. The van der Waals surface area contributed by atoms with Gasteiger partial charge < -0.3 is 21.1 Å². The van der Waals surface area contributed by atoms with Gasteiger partial charge in [-0.1, -0.05) is 32.0 Å². The van der Waals surface area contributed by atoms with Crippen LogP contribution in [0.4, 0.5) is 0 Å². The van der Waals surface area contributed by atoms with E-state index in [4.69, 9.17) is 15.7 Å². The average molecular weight is 577 g/mol. The Labute approximate surface area is 230 Å². The van der Waals surface area contributed by atoms with Crippen molar-refractivity contribution in [3.05, 3.63) is 70.8 Å². The van der Waals surface area contributed by atoms with Gasteiger partial charge in [0.25, 0.3) is 0 Å². The molecule has 1 amide bonds. The van der Waals surface area contributed by atoms with Gasteiger partial charge in [-0.3, -0.25) is 19.3 Å². The van der Waals surface area contributed by atoms with Crippen molar-refractivity contribution < 1.29 is 61.4 Å². The summed E-state index contributed by atoms with van der Waals surface area (Å²) < 4.78 is 18.5. The van der Waals surface area contributed by atoms with E-state index < -0.39 is 37.3 Å². The summed E-state index contributed by atoms with van der Waals surface area (Å²) in [5.41, 5.74) is 7.93. The van der Waals surface area contributed by atoms with Gasteiger partial charge in [-0.25, -0.2) is 4.79 Å². The monoisotopic (exact) mass is 577 g/mol. The third-order valence-electron chi connectivity index (χ3n) is 5.26. The minimum atomic E-state index is -4.62. The fourth-order valence-electron chi connectivity index (χ4n) is 3.42. The van der Waals surface area contributed by atoms with Crippen molar-refractivity contribution in [3.63, 3.8) is 0 Å². The largest absolute Gasteiger partial charge is 0.479 e. The van der Waals surface area contributed by atoms with Crippen LogP contribution in [0.1, 0.15) is 48.6 Å². The molecule has 0 saturated heterocycles. The van der Waals surface area contributed by atoms with Gasteiger partial charge in [0.15, 0.2) is 6.10 Å². The molecule has 0 spiro atoms. The van der Waals surface area contributed by atoms with Crippen LogP contribution >= 0.6 is 7.60 Å². The maximum absolute atomic E-state index is 13.2. The third kappa shape index (κ3) is 9.58. The van der Waals surface area contributed by atoms with E-state index in [0.29, 0.717) is 12.0 Å². The molecule has 35 heavy (non-hydrogen) atoms. The molecule has 11 heteroatoms. The van der Waals surface area contributed by atoms with Crippen molar-refractivity contribution >= 4 is 25.3 Å². The van der Waals surface area contributed by atoms with Gasteiger partial charge in [0.2, 0.25) is 5.91 Å². The predicted octanol–water partition coefficient (Wildman–Crippen LogP) is 3.33. The number of benzene rings is 2. The molecule has 2 aromatic carbocycles. The Morgan fingerprint density at radius 3 is 2.40 bits per heavy atom. The van der Waals surface area contributed by atoms with Crippen molar-refractivity contribution in [1.29, 1.82) is 5.41 Å². The maximum atomic E-state index is 13.2. The van der Waals surface area contributed by atoms with Crippen molar-refractivity contribution in [1.82, 2.24) is 5.32 Å². The molecule has 2 unspecified atom stereocenters. The van der Waals surface area contributed by atoms with Crippen LogP contribution in [0.2, 0.25) is 0 Å². The standard InChI is InChI=1S/C24H31N3O6P.Y/c1-15(2)23(27-21(28)12-10-17-7-5-4-6-8-17)34(31,32)33-22(24(29)30)18-11-9-16(3)19(13-18)14-20(25)26;/h5-9,11,13,15,22-23H,10,12,14H2,1-3H3,(H3,25,26)(H,27,28)(H,29,30)(H,31,32);/q-1;/t22?,23-;/m1./s1. The number of rotatable bonds is 12. The number of aryl methyl sites for hydroxylation is 2. The third-order valence-corrected chi connectivity index (χ3v) is 7.20. The number of amides is 1. The second-order valence-electron chi connectivity index (χ2n) is 8.44. The van der Waals surface area contributed by atoms with E-state index in [1.807, 2.05) is 12.1 Å². The van der Waals surface area contributed by atoms with E-state index >= 15 is 0 Å². The molecule has 6 N–H and O–H groups in total. The molecule has 2 aromatic rings. The second-order valence-corrected chi connectivity index (χ2v) is 10.3.